The summed E-state index contributed by atoms with van der Waals surface area (Å²) in [6.07, 6.45) is 8.38. The number of hydrogen-bond acceptors (Lipinski definition) is 1. The molecular formula is C26H31NO. The summed E-state index contributed by atoms with van der Waals surface area (Å²) in [5.74, 6) is 1.35. The molecular weight excluding hydrogens is 342 g/mol. The molecule has 2 aromatic rings. The van der Waals surface area contributed by atoms with Gasteiger partial charge in [-0.25, -0.2) is 0 Å². The number of carbonyl (C=O) groups is 1. The second kappa shape index (κ2) is 7.39. The summed E-state index contributed by atoms with van der Waals surface area (Å²) in [5.41, 5.74) is 5.71. The fourth-order valence-electron chi connectivity index (χ4n) is 6.36. The summed E-state index contributed by atoms with van der Waals surface area (Å²) in [5, 5.41) is 3.48. The van der Waals surface area contributed by atoms with Crippen molar-refractivity contribution in [1.29, 1.82) is 0 Å². The van der Waals surface area contributed by atoms with E-state index in [1.807, 2.05) is 0 Å². The molecule has 146 valence electrons. The molecule has 2 nitrogen and oxygen atoms in total. The normalized spacial score (nSPS) is 28.5. The zero-order valence-corrected chi connectivity index (χ0v) is 16.9. The zero-order valence-electron chi connectivity index (χ0n) is 16.9. The van der Waals surface area contributed by atoms with E-state index in [-0.39, 0.29) is 11.8 Å². The van der Waals surface area contributed by atoms with E-state index in [2.05, 4.69) is 60.8 Å². The summed E-state index contributed by atoms with van der Waals surface area (Å²) in [4.78, 5) is 13.6. The van der Waals surface area contributed by atoms with Crippen LogP contribution in [0.1, 0.15) is 86.0 Å². The van der Waals surface area contributed by atoms with E-state index < -0.39 is 0 Å². The van der Waals surface area contributed by atoms with Crippen molar-refractivity contribution in [2.24, 2.45) is 11.8 Å². The van der Waals surface area contributed by atoms with Gasteiger partial charge in [-0.3, -0.25) is 4.79 Å². The van der Waals surface area contributed by atoms with Crippen molar-refractivity contribution in [2.45, 2.75) is 69.7 Å². The van der Waals surface area contributed by atoms with Gasteiger partial charge < -0.3 is 5.32 Å². The maximum Gasteiger partial charge on any atom is 0.224 e. The molecule has 4 aliphatic rings. The van der Waals surface area contributed by atoms with E-state index in [0.717, 1.165) is 25.7 Å². The smallest absolute Gasteiger partial charge is 0.224 e. The highest BCUT2D eigenvalue weighted by Gasteiger charge is 2.51. The van der Waals surface area contributed by atoms with E-state index in [4.69, 9.17) is 0 Å². The standard InChI is InChI=1S/C26H31NO/c1-2-10-22-23-18-13-6-8-15-20(18)24(21-16-9-7-14-19(21)23)25(22)26(28)27-17-11-4-3-5-12-17/h6-9,13-17,22-25H,2-5,10-12H2,1H3,(H,27,28). The fourth-order valence-corrected chi connectivity index (χ4v) is 6.36. The predicted molar refractivity (Wildman–Crippen MR) is 113 cm³/mol. The first kappa shape index (κ1) is 18.0. The van der Waals surface area contributed by atoms with E-state index in [1.165, 1.54) is 41.5 Å². The van der Waals surface area contributed by atoms with Crippen LogP contribution in [-0.2, 0) is 4.79 Å². The molecule has 2 aromatic carbocycles. The largest absolute Gasteiger partial charge is 0.353 e. The van der Waals surface area contributed by atoms with Crippen LogP contribution in [0, 0.1) is 11.8 Å². The lowest BCUT2D eigenvalue weighted by Gasteiger charge is -2.50. The maximum atomic E-state index is 13.6. The molecule has 6 rings (SSSR count). The third kappa shape index (κ3) is 2.80. The Bertz CT molecular complexity index is 819. The van der Waals surface area contributed by atoms with Crippen LogP contribution < -0.4 is 5.32 Å². The van der Waals surface area contributed by atoms with Crippen molar-refractivity contribution in [3.63, 3.8) is 0 Å². The minimum atomic E-state index is 0.0664. The molecule has 1 amide bonds. The van der Waals surface area contributed by atoms with E-state index in [0.29, 0.717) is 23.8 Å². The molecule has 0 spiro atoms. The number of rotatable bonds is 4. The van der Waals surface area contributed by atoms with Gasteiger partial charge in [-0.1, -0.05) is 81.1 Å². The second-order valence-corrected chi connectivity index (χ2v) is 9.04. The van der Waals surface area contributed by atoms with Crippen LogP contribution in [0.15, 0.2) is 48.5 Å². The second-order valence-electron chi connectivity index (χ2n) is 9.04. The molecule has 0 aromatic heterocycles. The number of carbonyl (C=O) groups excluding carboxylic acids is 1. The van der Waals surface area contributed by atoms with Crippen LogP contribution in [0.3, 0.4) is 0 Å². The Labute approximate surface area is 168 Å². The topological polar surface area (TPSA) is 29.1 Å². The van der Waals surface area contributed by atoms with Crippen molar-refractivity contribution in [3.05, 3.63) is 70.8 Å². The number of benzene rings is 2. The number of hydrogen-bond donors (Lipinski definition) is 1. The molecule has 0 heterocycles. The van der Waals surface area contributed by atoms with Gasteiger partial charge in [-0.05, 0) is 47.4 Å². The Balaban J connectivity index is 1.57. The van der Waals surface area contributed by atoms with Crippen molar-refractivity contribution < 1.29 is 4.79 Å². The summed E-state index contributed by atoms with van der Waals surface area (Å²) in [6.45, 7) is 2.26. The van der Waals surface area contributed by atoms with Gasteiger partial charge in [-0.15, -0.1) is 0 Å². The van der Waals surface area contributed by atoms with E-state index >= 15 is 0 Å². The van der Waals surface area contributed by atoms with Crippen molar-refractivity contribution >= 4 is 5.91 Å². The number of nitrogens with one attached hydrogen (secondary N) is 1. The predicted octanol–water partition coefficient (Wildman–Crippen LogP) is 5.76. The Morgan fingerprint density at radius 3 is 1.93 bits per heavy atom. The van der Waals surface area contributed by atoms with Gasteiger partial charge in [0.15, 0.2) is 0 Å². The molecule has 0 radical (unpaired) electrons. The minimum absolute atomic E-state index is 0.0664. The highest BCUT2D eigenvalue weighted by atomic mass is 16.2. The molecule has 1 saturated carbocycles. The van der Waals surface area contributed by atoms with Crippen LogP contribution in [0.2, 0.25) is 0 Å². The van der Waals surface area contributed by atoms with Crippen LogP contribution in [0.5, 0.6) is 0 Å². The molecule has 0 aliphatic heterocycles. The Hall–Kier alpha value is -2.09. The van der Waals surface area contributed by atoms with Crippen molar-refractivity contribution in [3.8, 4) is 0 Å². The maximum absolute atomic E-state index is 13.6. The first-order valence-electron chi connectivity index (χ1n) is 11.3. The zero-order chi connectivity index (χ0) is 19.1. The quantitative estimate of drug-likeness (QED) is 0.725. The minimum Gasteiger partial charge on any atom is -0.353 e. The van der Waals surface area contributed by atoms with Gasteiger partial charge in [0.05, 0.1) is 5.92 Å². The molecule has 2 heteroatoms. The summed E-state index contributed by atoms with van der Waals surface area (Å²) >= 11 is 0. The molecule has 4 aliphatic carbocycles. The van der Waals surface area contributed by atoms with Gasteiger partial charge in [0.2, 0.25) is 5.91 Å². The fraction of sp³-hybridized carbons (Fsp3) is 0.500. The van der Waals surface area contributed by atoms with Crippen LogP contribution >= 0.6 is 0 Å². The third-order valence-corrected chi connectivity index (χ3v) is 7.46. The third-order valence-electron chi connectivity index (χ3n) is 7.46. The average molecular weight is 374 g/mol. The van der Waals surface area contributed by atoms with Crippen LogP contribution in [-0.4, -0.2) is 11.9 Å². The SMILES string of the molecule is CCCC1C2c3ccccc3C(c3ccccc32)C1C(=O)NC1CCCCC1. The molecule has 2 atom stereocenters. The monoisotopic (exact) mass is 373 g/mol. The number of amides is 1. The first-order valence-corrected chi connectivity index (χ1v) is 11.3. The lowest BCUT2D eigenvalue weighted by Crippen LogP contribution is -2.50. The van der Waals surface area contributed by atoms with Crippen LogP contribution in [0.4, 0.5) is 0 Å². The molecule has 0 saturated heterocycles. The summed E-state index contributed by atoms with van der Waals surface area (Å²) in [6, 6.07) is 18.2. The van der Waals surface area contributed by atoms with Gasteiger partial charge in [0, 0.05) is 17.9 Å². The van der Waals surface area contributed by atoms with Crippen molar-refractivity contribution in [2.75, 3.05) is 0 Å². The van der Waals surface area contributed by atoms with Gasteiger partial charge >= 0.3 is 0 Å². The van der Waals surface area contributed by atoms with Gasteiger partial charge in [0.1, 0.15) is 0 Å². The van der Waals surface area contributed by atoms with Crippen molar-refractivity contribution in [1.82, 2.24) is 5.32 Å². The number of fused-ring (bicyclic) bond motifs is 1. The highest BCUT2D eigenvalue weighted by Crippen LogP contribution is 2.59. The Kier molecular flexibility index (Phi) is 4.74. The summed E-state index contributed by atoms with van der Waals surface area (Å²) in [7, 11) is 0. The molecule has 1 fully saturated rings. The lowest BCUT2D eigenvalue weighted by molar-refractivity contribution is -0.129. The van der Waals surface area contributed by atoms with E-state index in [9.17, 15) is 4.79 Å². The molecule has 28 heavy (non-hydrogen) atoms. The Morgan fingerprint density at radius 1 is 0.857 bits per heavy atom. The van der Waals surface area contributed by atoms with Crippen LogP contribution in [0.25, 0.3) is 0 Å². The molecule has 2 unspecified atom stereocenters. The average Bonchev–Trinajstić information content (AvgIpc) is 2.74. The molecule has 2 bridgehead atoms. The Morgan fingerprint density at radius 2 is 1.39 bits per heavy atom. The van der Waals surface area contributed by atoms with Gasteiger partial charge in [0.25, 0.3) is 0 Å². The first-order chi connectivity index (χ1) is 13.8. The van der Waals surface area contributed by atoms with E-state index in [1.54, 1.807) is 0 Å². The molecule has 1 N–H and O–H groups in total. The highest BCUT2D eigenvalue weighted by molar-refractivity contribution is 5.83. The van der Waals surface area contributed by atoms with Gasteiger partial charge in [-0.2, -0.15) is 0 Å². The lowest BCUT2D eigenvalue weighted by atomic mass is 9.53. The summed E-state index contributed by atoms with van der Waals surface area (Å²) < 4.78 is 0.